The summed E-state index contributed by atoms with van der Waals surface area (Å²) in [7, 11) is 1.52. The van der Waals surface area contributed by atoms with Gasteiger partial charge in [0.25, 0.3) is 0 Å². The van der Waals surface area contributed by atoms with Gasteiger partial charge in [-0.3, -0.25) is 4.79 Å². The van der Waals surface area contributed by atoms with Gasteiger partial charge in [0.2, 0.25) is 17.7 Å². The standard InChI is InChI=1S/C23H24F2N4O3/c1-13-10-20(31-3)26-14(2)22(13)27-19(30)8-7-15-11-18-16(12-17(15)24)23(25)28-29(18)21-6-4-5-9-32-21/h7-8,10-12,21H,4-6,9H2,1-3H3,(H,27,30)/b8-7+. The number of methoxy groups -OCH3 is 1. The summed E-state index contributed by atoms with van der Waals surface area (Å²) in [5.41, 5.74) is 2.51. The maximum absolute atomic E-state index is 14.6. The third kappa shape index (κ3) is 4.34. The number of nitrogens with one attached hydrogen (secondary N) is 1. The number of pyridine rings is 1. The summed E-state index contributed by atoms with van der Waals surface area (Å²) in [4.78, 5) is 16.7. The van der Waals surface area contributed by atoms with Crippen LogP contribution in [0.4, 0.5) is 14.5 Å². The van der Waals surface area contributed by atoms with Crippen LogP contribution in [-0.2, 0) is 9.53 Å². The van der Waals surface area contributed by atoms with Gasteiger partial charge in [0, 0.05) is 24.3 Å². The van der Waals surface area contributed by atoms with Crippen molar-refractivity contribution in [2.45, 2.75) is 39.3 Å². The molecule has 2 aromatic heterocycles. The highest BCUT2D eigenvalue weighted by molar-refractivity contribution is 6.03. The second-order valence-electron chi connectivity index (χ2n) is 7.71. The Morgan fingerprint density at radius 1 is 1.28 bits per heavy atom. The van der Waals surface area contributed by atoms with Crippen molar-refractivity contribution < 1.29 is 23.0 Å². The van der Waals surface area contributed by atoms with Crippen LogP contribution in [-0.4, -0.2) is 34.4 Å². The van der Waals surface area contributed by atoms with Crippen LogP contribution in [0.15, 0.2) is 24.3 Å². The molecule has 32 heavy (non-hydrogen) atoms. The molecule has 9 heteroatoms. The van der Waals surface area contributed by atoms with Crippen molar-refractivity contribution in [3.63, 3.8) is 0 Å². The molecule has 0 bridgehead atoms. The second kappa shape index (κ2) is 9.04. The van der Waals surface area contributed by atoms with Crippen LogP contribution in [0.3, 0.4) is 0 Å². The van der Waals surface area contributed by atoms with E-state index in [4.69, 9.17) is 9.47 Å². The molecule has 4 rings (SSSR count). The molecule has 1 fully saturated rings. The van der Waals surface area contributed by atoms with Crippen molar-refractivity contribution in [1.29, 1.82) is 0 Å². The number of fused-ring (bicyclic) bond motifs is 1. The number of aromatic nitrogens is 3. The Morgan fingerprint density at radius 2 is 2.09 bits per heavy atom. The minimum absolute atomic E-state index is 0.0776. The van der Waals surface area contributed by atoms with Crippen LogP contribution < -0.4 is 10.1 Å². The summed E-state index contributed by atoms with van der Waals surface area (Å²) in [6, 6.07) is 4.28. The number of rotatable bonds is 5. The first-order chi connectivity index (χ1) is 15.4. The molecule has 1 aromatic carbocycles. The molecule has 0 radical (unpaired) electrons. The summed E-state index contributed by atoms with van der Waals surface area (Å²) in [6.07, 6.45) is 4.77. The van der Waals surface area contributed by atoms with Gasteiger partial charge in [-0.2, -0.15) is 4.39 Å². The minimum Gasteiger partial charge on any atom is -0.481 e. The normalized spacial score (nSPS) is 16.6. The maximum Gasteiger partial charge on any atom is 0.248 e. The average Bonchev–Trinajstić information content (AvgIpc) is 3.10. The quantitative estimate of drug-likeness (QED) is 0.580. The average molecular weight is 442 g/mol. The molecule has 0 spiro atoms. The number of ether oxygens (including phenoxy) is 2. The SMILES string of the molecule is COc1cc(C)c(NC(=O)/C=C/c2cc3c(cc2F)c(F)nn3C2CCCCO2)c(C)n1. The van der Waals surface area contributed by atoms with Gasteiger partial charge in [-0.1, -0.05) is 0 Å². The predicted octanol–water partition coefficient (Wildman–Crippen LogP) is 4.69. The molecule has 1 amide bonds. The fourth-order valence-corrected chi connectivity index (χ4v) is 3.82. The summed E-state index contributed by atoms with van der Waals surface area (Å²) in [5.74, 6) is -1.39. The Morgan fingerprint density at radius 3 is 2.78 bits per heavy atom. The lowest BCUT2D eigenvalue weighted by molar-refractivity contribution is -0.111. The molecule has 1 saturated heterocycles. The number of anilines is 1. The zero-order valence-electron chi connectivity index (χ0n) is 18.1. The van der Waals surface area contributed by atoms with E-state index in [2.05, 4.69) is 15.4 Å². The lowest BCUT2D eigenvalue weighted by Gasteiger charge is -2.23. The van der Waals surface area contributed by atoms with Crippen molar-refractivity contribution in [3.8, 4) is 5.88 Å². The number of hydrogen-bond acceptors (Lipinski definition) is 5. The number of halogens is 2. The molecule has 3 aromatic rings. The van der Waals surface area contributed by atoms with Gasteiger partial charge < -0.3 is 14.8 Å². The van der Waals surface area contributed by atoms with Crippen LogP contribution in [0.2, 0.25) is 0 Å². The summed E-state index contributed by atoms with van der Waals surface area (Å²) < 4.78 is 41.2. The van der Waals surface area contributed by atoms with Gasteiger partial charge in [-0.25, -0.2) is 14.1 Å². The highest BCUT2D eigenvalue weighted by Crippen LogP contribution is 2.30. The first-order valence-electron chi connectivity index (χ1n) is 10.4. The van der Waals surface area contributed by atoms with Crippen molar-refractivity contribution in [3.05, 3.63) is 52.9 Å². The van der Waals surface area contributed by atoms with Gasteiger partial charge in [0.05, 0.1) is 29.4 Å². The van der Waals surface area contributed by atoms with Crippen molar-refractivity contribution in [1.82, 2.24) is 14.8 Å². The van der Waals surface area contributed by atoms with E-state index in [1.54, 1.807) is 13.0 Å². The van der Waals surface area contributed by atoms with E-state index >= 15 is 0 Å². The fraction of sp³-hybridized carbons (Fsp3) is 0.348. The molecule has 1 unspecified atom stereocenters. The molecule has 168 valence electrons. The third-order valence-corrected chi connectivity index (χ3v) is 5.45. The molecule has 1 aliphatic heterocycles. The lowest BCUT2D eigenvalue weighted by atomic mass is 10.1. The van der Waals surface area contributed by atoms with Gasteiger partial charge in [0.1, 0.15) is 5.82 Å². The summed E-state index contributed by atoms with van der Waals surface area (Å²) >= 11 is 0. The number of hydrogen-bond donors (Lipinski definition) is 1. The molecule has 1 atom stereocenters. The molecule has 7 nitrogen and oxygen atoms in total. The molecule has 0 saturated carbocycles. The first kappa shape index (κ1) is 21.9. The second-order valence-corrected chi connectivity index (χ2v) is 7.71. The van der Waals surface area contributed by atoms with E-state index < -0.39 is 23.9 Å². The van der Waals surface area contributed by atoms with Gasteiger partial charge >= 0.3 is 0 Å². The highest BCUT2D eigenvalue weighted by atomic mass is 19.1. The molecular formula is C23H24F2N4O3. The number of benzene rings is 1. The van der Waals surface area contributed by atoms with Crippen LogP contribution in [0, 0.1) is 25.6 Å². The van der Waals surface area contributed by atoms with Crippen molar-refractivity contribution in [2.75, 3.05) is 19.0 Å². The van der Waals surface area contributed by atoms with Crippen molar-refractivity contribution in [2.24, 2.45) is 0 Å². The Kier molecular flexibility index (Phi) is 6.18. The largest absolute Gasteiger partial charge is 0.481 e. The minimum atomic E-state index is -0.751. The smallest absolute Gasteiger partial charge is 0.248 e. The van der Waals surface area contributed by atoms with E-state index in [1.807, 2.05) is 6.92 Å². The fourth-order valence-electron chi connectivity index (χ4n) is 3.82. The van der Waals surface area contributed by atoms with Crippen LogP contribution in [0.25, 0.3) is 17.0 Å². The topological polar surface area (TPSA) is 78.3 Å². The summed E-state index contributed by atoms with van der Waals surface area (Å²) in [6.45, 7) is 4.15. The van der Waals surface area contributed by atoms with Crippen LogP contribution in [0.1, 0.15) is 42.3 Å². The Labute approximate surface area is 184 Å². The van der Waals surface area contributed by atoms with Gasteiger partial charge in [-0.15, -0.1) is 5.10 Å². The molecule has 0 aliphatic carbocycles. The van der Waals surface area contributed by atoms with E-state index in [1.165, 1.54) is 30.0 Å². The zero-order valence-corrected chi connectivity index (χ0v) is 18.1. The summed E-state index contributed by atoms with van der Waals surface area (Å²) in [5, 5.41) is 6.76. The maximum atomic E-state index is 14.6. The number of aryl methyl sites for hydroxylation is 2. The number of carbonyl (C=O) groups excluding carboxylic acids is 1. The van der Waals surface area contributed by atoms with E-state index in [9.17, 15) is 13.6 Å². The van der Waals surface area contributed by atoms with E-state index in [0.29, 0.717) is 35.8 Å². The number of nitrogens with zero attached hydrogens (tertiary/aromatic N) is 3. The third-order valence-electron chi connectivity index (χ3n) is 5.45. The Bertz CT molecular complexity index is 1180. The molecule has 1 N–H and O–H groups in total. The molecule has 1 aliphatic rings. The van der Waals surface area contributed by atoms with Gasteiger partial charge in [-0.05, 0) is 56.9 Å². The zero-order chi connectivity index (χ0) is 22.8. The Hall–Kier alpha value is -3.33. The number of amides is 1. The number of carbonyl (C=O) groups is 1. The van der Waals surface area contributed by atoms with Crippen molar-refractivity contribution >= 4 is 28.6 Å². The van der Waals surface area contributed by atoms with E-state index in [0.717, 1.165) is 24.5 Å². The van der Waals surface area contributed by atoms with Crippen LogP contribution in [0.5, 0.6) is 5.88 Å². The highest BCUT2D eigenvalue weighted by Gasteiger charge is 2.22. The monoisotopic (exact) mass is 442 g/mol. The van der Waals surface area contributed by atoms with Gasteiger partial charge in [0.15, 0.2) is 6.23 Å². The first-order valence-corrected chi connectivity index (χ1v) is 10.4. The Balaban J connectivity index is 1.59. The molecular weight excluding hydrogens is 418 g/mol. The van der Waals surface area contributed by atoms with E-state index in [-0.39, 0.29) is 10.9 Å². The predicted molar refractivity (Wildman–Crippen MR) is 116 cm³/mol. The molecule has 3 heterocycles. The van der Waals surface area contributed by atoms with Crippen LogP contribution >= 0.6 is 0 Å². The lowest BCUT2D eigenvalue weighted by Crippen LogP contribution is -2.19.